The number of rotatable bonds is 10. The van der Waals surface area contributed by atoms with Crippen LogP contribution in [0.4, 0.5) is 26.3 Å². The fourth-order valence-corrected chi connectivity index (χ4v) is 5.96. The van der Waals surface area contributed by atoms with Gasteiger partial charge in [-0.15, -0.1) is 0 Å². The Labute approximate surface area is 315 Å². The van der Waals surface area contributed by atoms with E-state index in [1.54, 1.807) is 0 Å². The second-order valence-corrected chi connectivity index (χ2v) is 12.5. The molecule has 2 aromatic heterocycles. The largest absolute Gasteiger partial charge is 0.465 e. The van der Waals surface area contributed by atoms with Crippen LogP contribution in [0.1, 0.15) is 67.2 Å². The lowest BCUT2D eigenvalue weighted by Crippen LogP contribution is -2.41. The molecule has 2 aliphatic heterocycles. The maximum atomic E-state index is 14.4. The van der Waals surface area contributed by atoms with Crippen LogP contribution in [0.5, 0.6) is 0 Å². The van der Waals surface area contributed by atoms with E-state index in [1.165, 1.54) is 60.9 Å². The highest BCUT2D eigenvalue weighted by Crippen LogP contribution is 2.41. The minimum atomic E-state index is -3.02. The number of ketones is 2. The minimum absolute atomic E-state index is 0.113. The van der Waals surface area contributed by atoms with Gasteiger partial charge in [0.05, 0.1) is 24.3 Å². The van der Waals surface area contributed by atoms with E-state index in [9.17, 15) is 35.9 Å². The van der Waals surface area contributed by atoms with Crippen molar-refractivity contribution in [2.75, 3.05) is 13.2 Å². The third-order valence-electron chi connectivity index (χ3n) is 8.89. The van der Waals surface area contributed by atoms with Crippen LogP contribution in [-0.4, -0.2) is 59.6 Å². The van der Waals surface area contributed by atoms with Gasteiger partial charge in [-0.05, 0) is 59.7 Å². The van der Waals surface area contributed by atoms with Gasteiger partial charge in [0.1, 0.15) is 35.2 Å². The number of amidine groups is 2. The number of halogens is 6. The molecule has 0 saturated heterocycles. The van der Waals surface area contributed by atoms with Crippen LogP contribution in [0.25, 0.3) is 0 Å². The van der Waals surface area contributed by atoms with Crippen LogP contribution in [0, 0.1) is 34.3 Å². The van der Waals surface area contributed by atoms with Crippen LogP contribution in [0.3, 0.4) is 0 Å². The van der Waals surface area contributed by atoms with Gasteiger partial charge in [-0.25, -0.2) is 36.3 Å². The molecule has 56 heavy (non-hydrogen) atoms. The molecule has 2 aliphatic rings. The normalized spacial score (nSPS) is 18.9. The van der Waals surface area contributed by atoms with E-state index in [1.807, 2.05) is 12.1 Å². The molecule has 18 heteroatoms. The highest BCUT2D eigenvalue weighted by atomic mass is 19.3. The van der Waals surface area contributed by atoms with Gasteiger partial charge in [0.25, 0.3) is 24.9 Å². The van der Waals surface area contributed by atoms with E-state index in [0.29, 0.717) is 22.3 Å². The number of Topliss-reactive ketones (excluding diaryl/α,β-unsaturated/α-hetero) is 2. The average Bonchev–Trinajstić information content (AvgIpc) is 3.19. The van der Waals surface area contributed by atoms with Gasteiger partial charge in [-0.3, -0.25) is 19.6 Å². The molecule has 6 rings (SSSR count). The zero-order chi connectivity index (χ0) is 40.6. The molecule has 2 atom stereocenters. The number of aliphatic imine (C=N–C) groups is 2. The zero-order valence-electron chi connectivity index (χ0n) is 29.1. The summed E-state index contributed by atoms with van der Waals surface area (Å²) in [5.74, 6) is -2.54. The Morgan fingerprint density at radius 2 is 1.07 bits per heavy atom. The maximum Gasteiger partial charge on any atom is 0.283 e. The number of pyridine rings is 2. The van der Waals surface area contributed by atoms with Gasteiger partial charge in [0, 0.05) is 49.2 Å². The molecule has 0 spiro atoms. The zero-order valence-corrected chi connectivity index (χ0v) is 29.1. The number of hydrogen-bond donors (Lipinski definition) is 2. The number of ether oxygens (including phenoxy) is 2. The summed E-state index contributed by atoms with van der Waals surface area (Å²) in [6.45, 7) is -0.255. The fraction of sp³-hybridized carbons (Fsp3) is 0.263. The Balaban J connectivity index is 0.000000214. The van der Waals surface area contributed by atoms with Crippen LogP contribution in [0.15, 0.2) is 83.0 Å². The monoisotopic (exact) mass is 776 g/mol. The Morgan fingerprint density at radius 3 is 1.38 bits per heavy atom. The Hall–Kier alpha value is -6.82. The summed E-state index contributed by atoms with van der Waals surface area (Å²) in [5, 5.41) is 17.5. The molecule has 0 aliphatic carbocycles. The van der Waals surface area contributed by atoms with Crippen molar-refractivity contribution in [1.82, 2.24) is 9.97 Å². The van der Waals surface area contributed by atoms with E-state index in [-0.39, 0.29) is 61.4 Å². The molecular formula is C38H30F6N8O4. The predicted molar refractivity (Wildman–Crippen MR) is 187 cm³/mol. The van der Waals surface area contributed by atoms with Crippen LogP contribution in [0.2, 0.25) is 0 Å². The fourth-order valence-electron chi connectivity index (χ4n) is 5.96. The lowest BCUT2D eigenvalue weighted by molar-refractivity contribution is 0.0246. The number of carbonyl (C=O) groups is 2. The van der Waals surface area contributed by atoms with Crippen molar-refractivity contribution in [3.05, 3.63) is 129 Å². The van der Waals surface area contributed by atoms with Crippen LogP contribution < -0.4 is 11.5 Å². The highest BCUT2D eigenvalue weighted by Gasteiger charge is 2.47. The van der Waals surface area contributed by atoms with Crippen molar-refractivity contribution in [2.45, 2.75) is 49.6 Å². The number of hydrogen-bond acceptors (Lipinski definition) is 12. The molecule has 4 heterocycles. The van der Waals surface area contributed by atoms with Crippen molar-refractivity contribution in [3.8, 4) is 12.1 Å². The molecule has 4 N–H and O–H groups in total. The van der Waals surface area contributed by atoms with Crippen LogP contribution in [-0.2, 0) is 33.4 Å². The third-order valence-corrected chi connectivity index (χ3v) is 8.89. The summed E-state index contributed by atoms with van der Waals surface area (Å²) in [4.78, 5) is 40.0. The number of aromatic nitrogens is 2. The quantitative estimate of drug-likeness (QED) is 0.155. The van der Waals surface area contributed by atoms with Gasteiger partial charge < -0.3 is 20.9 Å². The van der Waals surface area contributed by atoms with Crippen molar-refractivity contribution in [2.24, 2.45) is 21.5 Å². The van der Waals surface area contributed by atoms with Crippen molar-refractivity contribution < 1.29 is 45.4 Å². The smallest absolute Gasteiger partial charge is 0.283 e. The van der Waals surface area contributed by atoms with E-state index in [0.717, 1.165) is 12.1 Å². The summed E-state index contributed by atoms with van der Waals surface area (Å²) in [6.07, 6.45) is -4.38. The van der Waals surface area contributed by atoms with Gasteiger partial charge >= 0.3 is 0 Å². The molecule has 4 aromatic rings. The molecule has 0 bridgehead atoms. The molecular weight excluding hydrogens is 746 g/mol. The molecule has 0 radical (unpaired) electrons. The lowest BCUT2D eigenvalue weighted by atomic mass is 9.85. The van der Waals surface area contributed by atoms with E-state index in [2.05, 4.69) is 20.0 Å². The summed E-state index contributed by atoms with van der Waals surface area (Å²) in [7, 11) is 0. The van der Waals surface area contributed by atoms with Crippen molar-refractivity contribution in [1.29, 1.82) is 10.5 Å². The standard InChI is InChI=1S/2C19H15F3N4O2/c2*20-14-3-1-11(8-16(27)15-4-2-12(9-23)10-25-15)7-13(14)19(17(21)22)5-6-28-18(24)26-19/h2*1-4,7,10,17H,5-6,8H2,(H2,24,26)/t2*19-/m10/s1. The van der Waals surface area contributed by atoms with Gasteiger partial charge in [-0.2, -0.15) is 10.5 Å². The SMILES string of the molecule is N#Cc1ccc(C(=O)Cc2ccc(F)c([C@@]3(C(F)F)CCOC(N)=N3)c2)nc1.N#Cc1ccc(C(=O)Cc2ccc(F)c([C@]3(C(F)F)CCOC(N)=N3)c2)nc1. The Kier molecular flexibility index (Phi) is 12.3. The first-order chi connectivity index (χ1) is 26.7. The first-order valence-corrected chi connectivity index (χ1v) is 16.6. The minimum Gasteiger partial charge on any atom is -0.465 e. The first-order valence-electron chi connectivity index (χ1n) is 16.6. The summed E-state index contributed by atoms with van der Waals surface area (Å²) in [6, 6.07) is 15.7. The molecule has 288 valence electrons. The topological polar surface area (TPSA) is 203 Å². The summed E-state index contributed by atoms with van der Waals surface area (Å²) >= 11 is 0. The Morgan fingerprint density at radius 1 is 0.679 bits per heavy atom. The number of alkyl halides is 4. The number of nitrogens with zero attached hydrogens (tertiary/aromatic N) is 6. The highest BCUT2D eigenvalue weighted by molar-refractivity contribution is 5.96. The second-order valence-electron chi connectivity index (χ2n) is 12.5. The van der Waals surface area contributed by atoms with Crippen molar-refractivity contribution >= 4 is 23.6 Å². The van der Waals surface area contributed by atoms with E-state index >= 15 is 0 Å². The molecule has 0 amide bonds. The second kappa shape index (κ2) is 17.1. The van der Waals surface area contributed by atoms with Gasteiger partial charge in [0.15, 0.2) is 22.6 Å². The molecule has 0 fully saturated rings. The molecule has 2 aromatic carbocycles. The predicted octanol–water partition coefficient (Wildman–Crippen LogP) is 5.43. The van der Waals surface area contributed by atoms with E-state index < -0.39 is 59.2 Å². The number of nitrogens with two attached hydrogens (primary N) is 2. The van der Waals surface area contributed by atoms with Crippen molar-refractivity contribution in [3.63, 3.8) is 0 Å². The number of carbonyl (C=O) groups excluding carboxylic acids is 2. The molecule has 0 unspecified atom stereocenters. The van der Waals surface area contributed by atoms with Gasteiger partial charge in [0.2, 0.25) is 0 Å². The first kappa shape index (κ1) is 40.4. The summed E-state index contributed by atoms with van der Waals surface area (Å²) in [5.41, 5.74) is 7.34. The van der Waals surface area contributed by atoms with Crippen LogP contribution >= 0.6 is 0 Å². The lowest BCUT2D eigenvalue weighted by Gasteiger charge is -2.33. The third kappa shape index (κ3) is 8.76. The number of benzene rings is 2. The van der Waals surface area contributed by atoms with E-state index in [4.69, 9.17) is 31.5 Å². The average molecular weight is 777 g/mol. The van der Waals surface area contributed by atoms with Gasteiger partial charge in [-0.1, -0.05) is 12.1 Å². The number of nitriles is 2. The maximum absolute atomic E-state index is 14.4. The Bertz CT molecular complexity index is 2100. The molecule has 12 nitrogen and oxygen atoms in total. The molecule has 0 saturated carbocycles. The summed E-state index contributed by atoms with van der Waals surface area (Å²) < 4.78 is 94.1.